The maximum absolute atomic E-state index is 12.1. The van der Waals surface area contributed by atoms with Crippen LogP contribution in [-0.2, 0) is 23.9 Å². The van der Waals surface area contributed by atoms with E-state index < -0.39 is 48.4 Å². The smallest absolute Gasteiger partial charge is 0.334 e. The second-order valence-corrected chi connectivity index (χ2v) is 5.90. The summed E-state index contributed by atoms with van der Waals surface area (Å²) in [5.41, 5.74) is 0. The molecule has 1 heterocycles. The Balaban J connectivity index is 2.83. The number of hydrogen-bond acceptors (Lipinski definition) is 6. The van der Waals surface area contributed by atoms with E-state index in [1.165, 1.54) is 7.11 Å². The Kier molecular flexibility index (Phi) is 6.44. The third-order valence-electron chi connectivity index (χ3n) is 3.89. The van der Waals surface area contributed by atoms with Gasteiger partial charge in [-0.2, -0.15) is 0 Å². The van der Waals surface area contributed by atoms with Crippen LogP contribution < -0.4 is 5.32 Å². The molecular weight excluding hydrogens is 318 g/mol. The first-order valence-electron chi connectivity index (χ1n) is 7.71. The van der Waals surface area contributed by atoms with E-state index in [-0.39, 0.29) is 5.92 Å². The zero-order valence-corrected chi connectivity index (χ0v) is 14.5. The molecule has 1 fully saturated rings. The van der Waals surface area contributed by atoms with Gasteiger partial charge in [0.2, 0.25) is 5.91 Å². The quantitative estimate of drug-likeness (QED) is 0.393. The Morgan fingerprint density at radius 3 is 2.12 bits per heavy atom. The number of methoxy groups -OCH3 is 1. The van der Waals surface area contributed by atoms with Crippen LogP contribution in [0.2, 0.25) is 0 Å². The minimum atomic E-state index is -1.05. The summed E-state index contributed by atoms with van der Waals surface area (Å²) in [4.78, 5) is 61.0. The van der Waals surface area contributed by atoms with E-state index in [1.807, 2.05) is 6.92 Å². The van der Waals surface area contributed by atoms with Gasteiger partial charge in [0.05, 0.1) is 7.11 Å². The third kappa shape index (κ3) is 3.90. The van der Waals surface area contributed by atoms with Gasteiger partial charge < -0.3 is 10.1 Å². The van der Waals surface area contributed by atoms with Gasteiger partial charge in [-0.3, -0.25) is 19.3 Å². The Morgan fingerprint density at radius 1 is 1.12 bits per heavy atom. The van der Waals surface area contributed by atoms with E-state index in [2.05, 4.69) is 10.1 Å². The monoisotopic (exact) mass is 341 g/mol. The van der Waals surface area contributed by atoms with Gasteiger partial charge in [-0.1, -0.05) is 20.3 Å². The third-order valence-corrected chi connectivity index (χ3v) is 3.89. The average Bonchev–Trinajstić information content (AvgIpc) is 2.74. The maximum Gasteiger partial charge on any atom is 0.334 e. The standard InChI is InChI=1S/C15H23N3O6/c1-6-9(4)11(14(22)24-5)16-10(19)7-17-12(20)13(21)18(8(2)3)15(17)23/h8-9,11H,6-7H2,1-5H3,(H,16,19)/t9-,11-/m1/s1. The zero-order chi connectivity index (χ0) is 18.6. The maximum atomic E-state index is 12.1. The fourth-order valence-corrected chi connectivity index (χ4v) is 2.28. The molecule has 0 saturated carbocycles. The SMILES string of the molecule is CC[C@@H](C)[C@@H](NC(=O)CN1C(=O)C(=O)N(C(C)C)C1=O)C(=O)OC. The van der Waals surface area contributed by atoms with E-state index in [0.29, 0.717) is 11.3 Å². The topological polar surface area (TPSA) is 113 Å². The van der Waals surface area contributed by atoms with E-state index in [9.17, 15) is 24.0 Å². The van der Waals surface area contributed by atoms with Gasteiger partial charge in [-0.05, 0) is 19.8 Å². The second kappa shape index (κ2) is 7.89. The Hall–Kier alpha value is -2.45. The lowest BCUT2D eigenvalue weighted by molar-refractivity contribution is -0.147. The van der Waals surface area contributed by atoms with Crippen molar-refractivity contribution >= 4 is 29.7 Å². The van der Waals surface area contributed by atoms with Crippen molar-refractivity contribution < 1.29 is 28.7 Å². The predicted molar refractivity (Wildman–Crippen MR) is 82.5 cm³/mol. The number of imide groups is 2. The van der Waals surface area contributed by atoms with Crippen LogP contribution in [0.1, 0.15) is 34.1 Å². The van der Waals surface area contributed by atoms with Crippen LogP contribution in [0.25, 0.3) is 0 Å². The van der Waals surface area contributed by atoms with Crippen LogP contribution in [0.3, 0.4) is 0 Å². The molecule has 5 amide bonds. The Bertz CT molecular complexity index is 559. The fraction of sp³-hybridized carbons (Fsp3) is 0.667. The van der Waals surface area contributed by atoms with Crippen molar-refractivity contribution in [2.45, 2.75) is 46.2 Å². The lowest BCUT2D eigenvalue weighted by Gasteiger charge is -2.23. The molecule has 1 rings (SSSR count). The molecule has 24 heavy (non-hydrogen) atoms. The van der Waals surface area contributed by atoms with Crippen LogP contribution in [0.5, 0.6) is 0 Å². The molecule has 1 N–H and O–H groups in total. The minimum absolute atomic E-state index is 0.194. The molecule has 0 aromatic rings. The highest BCUT2D eigenvalue weighted by atomic mass is 16.5. The summed E-state index contributed by atoms with van der Waals surface area (Å²) in [5.74, 6) is -3.54. The van der Waals surface area contributed by atoms with E-state index in [1.54, 1.807) is 20.8 Å². The van der Waals surface area contributed by atoms with Crippen molar-refractivity contribution in [2.75, 3.05) is 13.7 Å². The normalized spacial score (nSPS) is 17.3. The predicted octanol–water partition coefficient (Wildman–Crippen LogP) is -0.110. The van der Waals surface area contributed by atoms with Crippen LogP contribution in [0.15, 0.2) is 0 Å². The van der Waals surface area contributed by atoms with Crippen molar-refractivity contribution in [2.24, 2.45) is 5.92 Å². The molecule has 0 aliphatic carbocycles. The summed E-state index contributed by atoms with van der Waals surface area (Å²) >= 11 is 0. The highest BCUT2D eigenvalue weighted by molar-refractivity contribution is 6.45. The average molecular weight is 341 g/mol. The molecule has 1 aliphatic heterocycles. The molecule has 1 aliphatic rings. The summed E-state index contributed by atoms with van der Waals surface area (Å²) in [7, 11) is 1.20. The summed E-state index contributed by atoms with van der Waals surface area (Å²) in [5, 5.41) is 2.46. The van der Waals surface area contributed by atoms with Gasteiger partial charge in [0.25, 0.3) is 0 Å². The minimum Gasteiger partial charge on any atom is -0.467 e. The molecule has 2 atom stereocenters. The van der Waals surface area contributed by atoms with Crippen LogP contribution in [0, 0.1) is 5.92 Å². The van der Waals surface area contributed by atoms with Crippen molar-refractivity contribution in [3.63, 3.8) is 0 Å². The number of ether oxygens (including phenoxy) is 1. The summed E-state index contributed by atoms with van der Waals surface area (Å²) < 4.78 is 4.65. The molecule has 1 saturated heterocycles. The summed E-state index contributed by atoms with van der Waals surface area (Å²) in [6.45, 7) is 6.15. The van der Waals surface area contributed by atoms with Crippen LogP contribution in [0.4, 0.5) is 4.79 Å². The summed E-state index contributed by atoms with van der Waals surface area (Å²) in [6, 6.07) is -2.23. The van der Waals surface area contributed by atoms with E-state index in [0.717, 1.165) is 4.90 Å². The molecule has 134 valence electrons. The number of carbonyl (C=O) groups excluding carboxylic acids is 5. The number of amides is 5. The first-order chi connectivity index (χ1) is 11.1. The summed E-state index contributed by atoms with van der Waals surface area (Å²) in [6.07, 6.45) is 0.612. The van der Waals surface area contributed by atoms with Gasteiger partial charge >= 0.3 is 23.8 Å². The van der Waals surface area contributed by atoms with E-state index in [4.69, 9.17) is 0 Å². The zero-order valence-electron chi connectivity index (χ0n) is 14.5. The Morgan fingerprint density at radius 2 is 1.71 bits per heavy atom. The van der Waals surface area contributed by atoms with Crippen molar-refractivity contribution in [1.82, 2.24) is 15.1 Å². The van der Waals surface area contributed by atoms with Gasteiger partial charge in [0.1, 0.15) is 12.6 Å². The molecule has 0 unspecified atom stereocenters. The number of carbonyl (C=O) groups is 5. The highest BCUT2D eigenvalue weighted by Crippen LogP contribution is 2.15. The van der Waals surface area contributed by atoms with Crippen molar-refractivity contribution in [1.29, 1.82) is 0 Å². The van der Waals surface area contributed by atoms with Crippen molar-refractivity contribution in [3.05, 3.63) is 0 Å². The highest BCUT2D eigenvalue weighted by Gasteiger charge is 2.46. The number of urea groups is 1. The molecule has 9 nitrogen and oxygen atoms in total. The van der Waals surface area contributed by atoms with Gasteiger partial charge in [0.15, 0.2) is 0 Å². The number of nitrogens with one attached hydrogen (secondary N) is 1. The van der Waals surface area contributed by atoms with E-state index >= 15 is 0 Å². The number of rotatable bonds is 7. The van der Waals surface area contributed by atoms with Gasteiger partial charge in [-0.15, -0.1) is 0 Å². The molecule has 9 heteroatoms. The van der Waals surface area contributed by atoms with Gasteiger partial charge in [-0.25, -0.2) is 14.5 Å². The molecule has 0 aromatic heterocycles. The molecule has 0 aromatic carbocycles. The largest absolute Gasteiger partial charge is 0.467 e. The van der Waals surface area contributed by atoms with Crippen LogP contribution >= 0.6 is 0 Å². The first-order valence-corrected chi connectivity index (χ1v) is 7.71. The lowest BCUT2D eigenvalue weighted by Crippen LogP contribution is -2.50. The molecule has 0 bridgehead atoms. The van der Waals surface area contributed by atoms with Crippen molar-refractivity contribution in [3.8, 4) is 0 Å². The molecular formula is C15H23N3O6. The lowest BCUT2D eigenvalue weighted by atomic mass is 9.99. The fourth-order valence-electron chi connectivity index (χ4n) is 2.28. The second-order valence-electron chi connectivity index (χ2n) is 5.90. The first kappa shape index (κ1) is 19.6. The van der Waals surface area contributed by atoms with Gasteiger partial charge in [0, 0.05) is 6.04 Å². The number of hydrogen-bond donors (Lipinski definition) is 1. The molecule has 0 spiro atoms. The Labute approximate surface area is 140 Å². The van der Waals surface area contributed by atoms with Crippen LogP contribution in [-0.4, -0.2) is 65.3 Å². The number of esters is 1. The molecule has 0 radical (unpaired) electrons. The number of nitrogens with zero attached hydrogens (tertiary/aromatic N) is 2.